The van der Waals surface area contributed by atoms with E-state index in [1.165, 1.54) is 12.1 Å². The fourth-order valence-electron chi connectivity index (χ4n) is 3.60. The standard InChI is InChI=1S/C19H18N2O4S/c20-26(23,24)18-11-10-17(25-18)19(22)21-12-4-9-16(21)15-8-3-6-13-5-1-2-7-14(13)15/h1-3,5-8,10-11,16H,4,9,12H2,(H2,20,23,24)/t16-/m1/s1. The van der Waals surface area contributed by atoms with Crippen LogP contribution in [0.4, 0.5) is 0 Å². The first kappa shape index (κ1) is 16.8. The smallest absolute Gasteiger partial charge is 0.290 e. The zero-order chi connectivity index (χ0) is 18.3. The van der Waals surface area contributed by atoms with Crippen LogP contribution in [0.1, 0.15) is 35.0 Å². The lowest BCUT2D eigenvalue weighted by molar-refractivity contribution is 0.0698. The van der Waals surface area contributed by atoms with E-state index in [1.807, 2.05) is 36.4 Å². The molecule has 4 rings (SSSR count). The van der Waals surface area contributed by atoms with Crippen LogP contribution in [0.5, 0.6) is 0 Å². The zero-order valence-corrected chi connectivity index (χ0v) is 14.8. The summed E-state index contributed by atoms with van der Waals surface area (Å²) in [4.78, 5) is 14.6. The zero-order valence-electron chi connectivity index (χ0n) is 14.0. The van der Waals surface area contributed by atoms with Gasteiger partial charge in [0, 0.05) is 6.54 Å². The number of nitrogens with two attached hydrogens (primary N) is 1. The molecular formula is C19H18N2O4S. The van der Waals surface area contributed by atoms with Gasteiger partial charge in [0.15, 0.2) is 5.76 Å². The third-order valence-corrected chi connectivity index (χ3v) is 5.55. The van der Waals surface area contributed by atoms with Gasteiger partial charge in [-0.1, -0.05) is 42.5 Å². The fourth-order valence-corrected chi connectivity index (χ4v) is 4.07. The summed E-state index contributed by atoms with van der Waals surface area (Å²) in [5.74, 6) is -0.337. The molecule has 1 amide bonds. The first-order valence-electron chi connectivity index (χ1n) is 8.36. The molecule has 6 nitrogen and oxygen atoms in total. The molecule has 0 spiro atoms. The van der Waals surface area contributed by atoms with Crippen LogP contribution in [-0.2, 0) is 10.0 Å². The largest absolute Gasteiger partial charge is 0.438 e. The Labute approximate surface area is 151 Å². The maximum Gasteiger partial charge on any atom is 0.290 e. The minimum Gasteiger partial charge on any atom is -0.438 e. The molecule has 1 atom stereocenters. The number of rotatable bonds is 3. The molecule has 1 aliphatic rings. The van der Waals surface area contributed by atoms with Gasteiger partial charge in [0.25, 0.3) is 15.9 Å². The van der Waals surface area contributed by atoms with Crippen LogP contribution in [0.25, 0.3) is 10.8 Å². The Bertz CT molecular complexity index is 1080. The molecule has 0 radical (unpaired) electrons. The molecule has 1 saturated heterocycles. The molecular weight excluding hydrogens is 352 g/mol. The van der Waals surface area contributed by atoms with Gasteiger partial charge in [0.2, 0.25) is 5.09 Å². The third-order valence-electron chi connectivity index (χ3n) is 4.77. The van der Waals surface area contributed by atoms with E-state index < -0.39 is 15.1 Å². The van der Waals surface area contributed by atoms with Crippen molar-refractivity contribution in [3.8, 4) is 0 Å². The summed E-state index contributed by atoms with van der Waals surface area (Å²) in [7, 11) is -3.97. The summed E-state index contributed by atoms with van der Waals surface area (Å²) in [6, 6.07) is 16.6. The van der Waals surface area contributed by atoms with Gasteiger partial charge >= 0.3 is 0 Å². The van der Waals surface area contributed by atoms with Gasteiger partial charge in [-0.2, -0.15) is 0 Å². The lowest BCUT2D eigenvalue weighted by atomic mass is 9.97. The van der Waals surface area contributed by atoms with Crippen molar-refractivity contribution in [3.05, 3.63) is 65.9 Å². The van der Waals surface area contributed by atoms with Crippen molar-refractivity contribution in [3.63, 3.8) is 0 Å². The maximum absolute atomic E-state index is 12.9. The van der Waals surface area contributed by atoms with Gasteiger partial charge in [-0.05, 0) is 41.3 Å². The number of amides is 1. The summed E-state index contributed by atoms with van der Waals surface area (Å²) >= 11 is 0. The first-order valence-corrected chi connectivity index (χ1v) is 9.91. The normalized spacial score (nSPS) is 17.7. The Hall–Kier alpha value is -2.64. The molecule has 2 N–H and O–H groups in total. The second-order valence-electron chi connectivity index (χ2n) is 6.39. The second-order valence-corrected chi connectivity index (χ2v) is 7.88. The predicted octanol–water partition coefficient (Wildman–Crippen LogP) is 3.06. The Balaban J connectivity index is 1.70. The number of sulfonamides is 1. The number of fused-ring (bicyclic) bond motifs is 1. The van der Waals surface area contributed by atoms with E-state index >= 15 is 0 Å². The molecule has 1 aliphatic heterocycles. The highest BCUT2D eigenvalue weighted by Gasteiger charge is 2.33. The highest BCUT2D eigenvalue weighted by molar-refractivity contribution is 7.89. The molecule has 2 heterocycles. The molecule has 1 aromatic heterocycles. The summed E-state index contributed by atoms with van der Waals surface area (Å²) in [6.45, 7) is 0.595. The summed E-state index contributed by atoms with van der Waals surface area (Å²) < 4.78 is 28.0. The minimum atomic E-state index is -3.97. The van der Waals surface area contributed by atoms with Crippen LogP contribution in [0.15, 0.2) is 64.1 Å². The SMILES string of the molecule is NS(=O)(=O)c1ccc(C(=O)N2CCC[C@@H]2c2cccc3ccccc23)o1. The average Bonchev–Trinajstić information content (AvgIpc) is 3.30. The molecule has 7 heteroatoms. The van der Waals surface area contributed by atoms with Gasteiger partial charge in [-0.3, -0.25) is 4.79 Å². The van der Waals surface area contributed by atoms with Crippen LogP contribution < -0.4 is 5.14 Å². The Kier molecular flexibility index (Phi) is 4.05. The van der Waals surface area contributed by atoms with Crippen molar-refractivity contribution < 1.29 is 17.6 Å². The lowest BCUT2D eigenvalue weighted by Gasteiger charge is -2.25. The molecule has 0 bridgehead atoms. The van der Waals surface area contributed by atoms with E-state index in [4.69, 9.17) is 9.56 Å². The van der Waals surface area contributed by atoms with Crippen molar-refractivity contribution in [1.82, 2.24) is 4.90 Å². The lowest BCUT2D eigenvalue weighted by Crippen LogP contribution is -2.30. The number of hydrogen-bond donors (Lipinski definition) is 1. The van der Waals surface area contributed by atoms with Crippen LogP contribution in [0.2, 0.25) is 0 Å². The third kappa shape index (κ3) is 2.89. The van der Waals surface area contributed by atoms with E-state index in [-0.39, 0.29) is 17.7 Å². The van der Waals surface area contributed by atoms with Gasteiger partial charge in [0.1, 0.15) is 0 Å². The first-order chi connectivity index (χ1) is 12.4. The van der Waals surface area contributed by atoms with Crippen molar-refractivity contribution >= 4 is 26.7 Å². The minimum absolute atomic E-state index is 0.0128. The van der Waals surface area contributed by atoms with Crippen molar-refractivity contribution in [2.45, 2.75) is 24.0 Å². The summed E-state index contributed by atoms with van der Waals surface area (Å²) in [6.07, 6.45) is 1.73. The highest BCUT2D eigenvalue weighted by atomic mass is 32.2. The van der Waals surface area contributed by atoms with Crippen LogP contribution in [0, 0.1) is 0 Å². The Morgan fingerprint density at radius 1 is 1.08 bits per heavy atom. The monoisotopic (exact) mass is 370 g/mol. The molecule has 2 aromatic carbocycles. The summed E-state index contributed by atoms with van der Waals surface area (Å²) in [5, 5.41) is 6.90. The van der Waals surface area contributed by atoms with Crippen molar-refractivity contribution in [2.24, 2.45) is 5.14 Å². The Morgan fingerprint density at radius 3 is 2.62 bits per heavy atom. The number of carbonyl (C=O) groups excluding carboxylic acids is 1. The number of hydrogen-bond acceptors (Lipinski definition) is 4. The van der Waals surface area contributed by atoms with E-state index in [9.17, 15) is 13.2 Å². The quantitative estimate of drug-likeness (QED) is 0.767. The summed E-state index contributed by atoms with van der Waals surface area (Å²) in [5.41, 5.74) is 1.09. The number of benzene rings is 2. The van der Waals surface area contributed by atoms with E-state index in [1.54, 1.807) is 4.90 Å². The van der Waals surface area contributed by atoms with Crippen LogP contribution in [-0.4, -0.2) is 25.8 Å². The number of primary sulfonamides is 1. The topological polar surface area (TPSA) is 93.6 Å². The molecule has 134 valence electrons. The molecule has 3 aromatic rings. The number of furan rings is 1. The number of carbonyl (C=O) groups is 1. The van der Waals surface area contributed by atoms with Crippen molar-refractivity contribution in [2.75, 3.05) is 6.54 Å². The average molecular weight is 370 g/mol. The van der Waals surface area contributed by atoms with Gasteiger partial charge in [-0.25, -0.2) is 13.6 Å². The second kappa shape index (κ2) is 6.26. The Morgan fingerprint density at radius 2 is 1.85 bits per heavy atom. The van der Waals surface area contributed by atoms with Crippen molar-refractivity contribution in [1.29, 1.82) is 0 Å². The van der Waals surface area contributed by atoms with Gasteiger partial charge < -0.3 is 9.32 Å². The molecule has 26 heavy (non-hydrogen) atoms. The molecule has 0 aliphatic carbocycles. The highest BCUT2D eigenvalue weighted by Crippen LogP contribution is 2.37. The number of likely N-dealkylation sites (tertiary alicyclic amines) is 1. The van der Waals surface area contributed by atoms with E-state index in [0.717, 1.165) is 29.2 Å². The van der Waals surface area contributed by atoms with Gasteiger partial charge in [0.05, 0.1) is 6.04 Å². The van der Waals surface area contributed by atoms with Crippen LogP contribution in [0.3, 0.4) is 0 Å². The van der Waals surface area contributed by atoms with E-state index in [2.05, 4.69) is 6.07 Å². The molecule has 1 fully saturated rings. The fraction of sp³-hybridized carbons (Fsp3) is 0.211. The van der Waals surface area contributed by atoms with E-state index in [0.29, 0.717) is 6.54 Å². The number of nitrogens with zero attached hydrogens (tertiary/aromatic N) is 1. The van der Waals surface area contributed by atoms with Crippen LogP contribution >= 0.6 is 0 Å². The molecule has 0 saturated carbocycles. The predicted molar refractivity (Wildman–Crippen MR) is 97.0 cm³/mol. The van der Waals surface area contributed by atoms with Gasteiger partial charge in [-0.15, -0.1) is 0 Å². The maximum atomic E-state index is 12.9. The molecule has 0 unspecified atom stereocenters.